The summed E-state index contributed by atoms with van der Waals surface area (Å²) in [4.78, 5) is 18.0. The molecule has 0 atom stereocenters. The predicted octanol–water partition coefficient (Wildman–Crippen LogP) is 2.84. The third-order valence-electron chi connectivity index (χ3n) is 3.04. The lowest BCUT2D eigenvalue weighted by molar-refractivity contribution is 0.0697. The topological polar surface area (TPSA) is 75.2 Å². The normalized spacial score (nSPS) is 10.6. The van der Waals surface area contributed by atoms with E-state index in [-0.39, 0.29) is 5.56 Å². The summed E-state index contributed by atoms with van der Waals surface area (Å²) in [7, 11) is 0. The summed E-state index contributed by atoms with van der Waals surface area (Å²) in [6.45, 7) is 0.401. The third kappa shape index (κ3) is 2.33. The maximum atomic E-state index is 10.9. The van der Waals surface area contributed by atoms with Gasteiger partial charge in [0.25, 0.3) is 0 Å². The van der Waals surface area contributed by atoms with Crippen LogP contribution in [-0.2, 0) is 6.61 Å². The Kier molecular flexibility index (Phi) is 3.09. The van der Waals surface area contributed by atoms with Crippen molar-refractivity contribution in [2.75, 3.05) is 0 Å². The number of hydrogen-bond acceptors (Lipinski definition) is 3. The Bertz CT molecular complexity index is 750. The minimum atomic E-state index is -0.936. The molecular formula is C15H12N2O3. The van der Waals surface area contributed by atoms with Gasteiger partial charge in [-0.25, -0.2) is 4.79 Å². The number of pyridine rings is 1. The van der Waals surface area contributed by atoms with E-state index in [1.807, 2.05) is 18.3 Å². The van der Waals surface area contributed by atoms with Crippen LogP contribution < -0.4 is 4.74 Å². The highest BCUT2D eigenvalue weighted by Crippen LogP contribution is 2.21. The Balaban J connectivity index is 1.84. The Hall–Kier alpha value is -2.82. The van der Waals surface area contributed by atoms with Crippen LogP contribution in [0, 0.1) is 0 Å². The van der Waals surface area contributed by atoms with Crippen LogP contribution in [0.2, 0.25) is 0 Å². The molecule has 0 radical (unpaired) electrons. The number of carboxylic acid groups (broad SMARTS) is 1. The first-order valence-electron chi connectivity index (χ1n) is 6.10. The molecule has 2 N–H and O–H groups in total. The van der Waals surface area contributed by atoms with Gasteiger partial charge in [0.15, 0.2) is 0 Å². The van der Waals surface area contributed by atoms with Gasteiger partial charge in [0.2, 0.25) is 0 Å². The molecule has 3 rings (SSSR count). The minimum absolute atomic E-state index is 0.263. The number of ether oxygens (including phenoxy) is 1. The number of aromatic amines is 1. The Morgan fingerprint density at radius 2 is 2.25 bits per heavy atom. The molecule has 0 amide bonds. The van der Waals surface area contributed by atoms with Gasteiger partial charge in [0.05, 0.1) is 11.8 Å². The summed E-state index contributed by atoms with van der Waals surface area (Å²) in [5, 5.41) is 9.91. The van der Waals surface area contributed by atoms with Crippen molar-refractivity contribution in [1.82, 2.24) is 9.97 Å². The monoisotopic (exact) mass is 268 g/mol. The minimum Gasteiger partial charge on any atom is -0.487 e. The van der Waals surface area contributed by atoms with Gasteiger partial charge in [-0.3, -0.25) is 4.98 Å². The van der Waals surface area contributed by atoms with Crippen molar-refractivity contribution in [2.45, 2.75) is 6.61 Å². The first-order valence-corrected chi connectivity index (χ1v) is 6.10. The van der Waals surface area contributed by atoms with Gasteiger partial charge >= 0.3 is 5.97 Å². The molecule has 0 aliphatic heterocycles. The predicted molar refractivity (Wildman–Crippen MR) is 73.8 cm³/mol. The fraction of sp³-hybridized carbons (Fsp3) is 0.0667. The van der Waals surface area contributed by atoms with Crippen molar-refractivity contribution in [1.29, 1.82) is 0 Å². The lowest BCUT2D eigenvalue weighted by Crippen LogP contribution is -1.96. The van der Waals surface area contributed by atoms with Gasteiger partial charge in [-0.05, 0) is 24.3 Å². The molecule has 100 valence electrons. The molecule has 2 heterocycles. The molecule has 0 aliphatic rings. The van der Waals surface area contributed by atoms with E-state index < -0.39 is 5.97 Å². The van der Waals surface area contributed by atoms with E-state index in [0.717, 1.165) is 16.5 Å². The van der Waals surface area contributed by atoms with E-state index in [0.29, 0.717) is 12.4 Å². The highest BCUT2D eigenvalue weighted by molar-refractivity contribution is 5.94. The number of rotatable bonds is 4. The zero-order valence-corrected chi connectivity index (χ0v) is 10.5. The van der Waals surface area contributed by atoms with Crippen LogP contribution in [0.25, 0.3) is 10.9 Å². The number of hydrogen-bond donors (Lipinski definition) is 2. The van der Waals surface area contributed by atoms with Crippen LogP contribution in [0.3, 0.4) is 0 Å². The summed E-state index contributed by atoms with van der Waals surface area (Å²) in [5.41, 5.74) is 2.02. The standard InChI is InChI=1S/C15H12N2O3/c18-15(19)10-3-4-13-11(7-17-14(13)6-10)9-20-12-2-1-5-16-8-12/h1-8,17H,9H2,(H,18,19). The van der Waals surface area contributed by atoms with E-state index in [9.17, 15) is 4.79 Å². The molecule has 0 aliphatic carbocycles. The fourth-order valence-corrected chi connectivity index (χ4v) is 2.03. The largest absolute Gasteiger partial charge is 0.487 e. The van der Waals surface area contributed by atoms with Crippen LogP contribution in [0.5, 0.6) is 5.75 Å². The van der Waals surface area contributed by atoms with Crippen LogP contribution in [-0.4, -0.2) is 21.0 Å². The van der Waals surface area contributed by atoms with Gasteiger partial charge in [-0.2, -0.15) is 0 Å². The summed E-state index contributed by atoms with van der Waals surface area (Å²) < 4.78 is 5.64. The lowest BCUT2D eigenvalue weighted by Gasteiger charge is -2.04. The second-order valence-electron chi connectivity index (χ2n) is 4.36. The number of aromatic carboxylic acids is 1. The Morgan fingerprint density at radius 3 is 3.00 bits per heavy atom. The molecule has 0 saturated heterocycles. The second kappa shape index (κ2) is 5.05. The van der Waals surface area contributed by atoms with E-state index in [1.54, 1.807) is 30.6 Å². The Morgan fingerprint density at radius 1 is 1.35 bits per heavy atom. The molecule has 0 saturated carbocycles. The van der Waals surface area contributed by atoms with Crippen molar-refractivity contribution in [3.05, 3.63) is 60.0 Å². The van der Waals surface area contributed by atoms with Crippen LogP contribution in [0.1, 0.15) is 15.9 Å². The number of carbonyl (C=O) groups is 1. The first-order chi connectivity index (χ1) is 9.74. The van der Waals surface area contributed by atoms with Gasteiger partial charge in [-0.15, -0.1) is 0 Å². The maximum absolute atomic E-state index is 10.9. The molecule has 5 heteroatoms. The maximum Gasteiger partial charge on any atom is 0.335 e. The van der Waals surface area contributed by atoms with Gasteiger partial charge in [0.1, 0.15) is 12.4 Å². The number of nitrogens with zero attached hydrogens (tertiary/aromatic N) is 1. The average molecular weight is 268 g/mol. The van der Waals surface area contributed by atoms with Gasteiger partial charge in [0, 0.05) is 28.9 Å². The van der Waals surface area contributed by atoms with Crippen LogP contribution in [0.4, 0.5) is 0 Å². The van der Waals surface area contributed by atoms with E-state index in [1.165, 1.54) is 0 Å². The van der Waals surface area contributed by atoms with Gasteiger partial charge < -0.3 is 14.8 Å². The number of benzene rings is 1. The molecule has 1 aromatic carbocycles. The highest BCUT2D eigenvalue weighted by Gasteiger charge is 2.08. The molecule has 0 fully saturated rings. The van der Waals surface area contributed by atoms with Crippen molar-refractivity contribution < 1.29 is 14.6 Å². The molecule has 2 aromatic heterocycles. The molecule has 0 unspecified atom stereocenters. The second-order valence-corrected chi connectivity index (χ2v) is 4.36. The van der Waals surface area contributed by atoms with E-state index in [2.05, 4.69) is 9.97 Å². The van der Waals surface area contributed by atoms with Crippen molar-refractivity contribution in [2.24, 2.45) is 0 Å². The van der Waals surface area contributed by atoms with E-state index in [4.69, 9.17) is 9.84 Å². The number of H-pyrrole nitrogens is 1. The number of nitrogens with one attached hydrogen (secondary N) is 1. The molecular weight excluding hydrogens is 256 g/mol. The smallest absolute Gasteiger partial charge is 0.335 e. The quantitative estimate of drug-likeness (QED) is 0.763. The fourth-order valence-electron chi connectivity index (χ4n) is 2.03. The van der Waals surface area contributed by atoms with Crippen molar-refractivity contribution in [3.63, 3.8) is 0 Å². The number of carboxylic acids is 1. The lowest BCUT2D eigenvalue weighted by atomic mass is 10.1. The Labute approximate surface area is 114 Å². The highest BCUT2D eigenvalue weighted by atomic mass is 16.5. The summed E-state index contributed by atoms with van der Waals surface area (Å²) >= 11 is 0. The van der Waals surface area contributed by atoms with Crippen LogP contribution >= 0.6 is 0 Å². The number of aromatic nitrogens is 2. The zero-order chi connectivity index (χ0) is 13.9. The number of fused-ring (bicyclic) bond motifs is 1. The van der Waals surface area contributed by atoms with E-state index >= 15 is 0 Å². The molecule has 0 spiro atoms. The zero-order valence-electron chi connectivity index (χ0n) is 10.5. The van der Waals surface area contributed by atoms with Crippen molar-refractivity contribution >= 4 is 16.9 Å². The van der Waals surface area contributed by atoms with Crippen molar-refractivity contribution in [3.8, 4) is 5.75 Å². The molecule has 0 bridgehead atoms. The average Bonchev–Trinajstić information content (AvgIpc) is 2.88. The molecule has 3 aromatic rings. The SMILES string of the molecule is O=C(O)c1ccc2c(COc3cccnc3)c[nH]c2c1. The van der Waals surface area contributed by atoms with Gasteiger partial charge in [-0.1, -0.05) is 6.07 Å². The van der Waals surface area contributed by atoms with Crippen LogP contribution in [0.15, 0.2) is 48.9 Å². The summed E-state index contributed by atoms with van der Waals surface area (Å²) in [6, 6.07) is 8.64. The molecule has 5 nitrogen and oxygen atoms in total. The summed E-state index contributed by atoms with van der Waals surface area (Å²) in [6.07, 6.45) is 5.16. The molecule has 20 heavy (non-hydrogen) atoms. The third-order valence-corrected chi connectivity index (χ3v) is 3.04. The first kappa shape index (κ1) is 12.2. The summed E-state index contributed by atoms with van der Waals surface area (Å²) in [5.74, 6) is -0.237.